The number of nitrogen functional groups attached to an aromatic ring is 1. The first-order valence-electron chi connectivity index (χ1n) is 5.95. The van der Waals surface area contributed by atoms with Crippen LogP contribution in [0.25, 0.3) is 0 Å². The van der Waals surface area contributed by atoms with E-state index in [0.29, 0.717) is 5.56 Å². The first-order chi connectivity index (χ1) is 10.0. The summed E-state index contributed by atoms with van der Waals surface area (Å²) in [6.45, 7) is 1.37. The molecule has 2 N–H and O–H groups in total. The molecule has 0 aliphatic carbocycles. The van der Waals surface area contributed by atoms with Gasteiger partial charge in [-0.3, -0.25) is 4.79 Å². The van der Waals surface area contributed by atoms with Gasteiger partial charge in [0.25, 0.3) is 0 Å². The lowest BCUT2D eigenvalue weighted by atomic mass is 10.1. The smallest absolute Gasteiger partial charge is 0.398 e. The number of amides is 1. The van der Waals surface area contributed by atoms with Gasteiger partial charge in [-0.1, -0.05) is 0 Å². The molecule has 1 amide bonds. The lowest BCUT2D eigenvalue weighted by Gasteiger charge is -2.16. The molecule has 0 aromatic heterocycles. The highest BCUT2D eigenvalue weighted by molar-refractivity contribution is 5.98. The molecule has 6 nitrogen and oxygen atoms in total. The number of halogens is 3. The summed E-state index contributed by atoms with van der Waals surface area (Å²) < 4.78 is 39.8. The van der Waals surface area contributed by atoms with Crippen molar-refractivity contribution in [2.45, 2.75) is 19.6 Å². The van der Waals surface area contributed by atoms with Crippen molar-refractivity contribution in [3.05, 3.63) is 29.3 Å². The Balaban J connectivity index is 2.95. The van der Waals surface area contributed by atoms with Crippen molar-refractivity contribution < 1.29 is 32.3 Å². The van der Waals surface area contributed by atoms with Crippen LogP contribution >= 0.6 is 0 Å². The van der Waals surface area contributed by atoms with Crippen LogP contribution in [-0.4, -0.2) is 36.0 Å². The van der Waals surface area contributed by atoms with Crippen LogP contribution in [0.1, 0.15) is 22.8 Å². The summed E-state index contributed by atoms with van der Waals surface area (Å²) in [6.07, 6.45) is -5.26. The van der Waals surface area contributed by atoms with Crippen LogP contribution in [0, 0.1) is 0 Å². The summed E-state index contributed by atoms with van der Waals surface area (Å²) in [7, 11) is 1.49. The van der Waals surface area contributed by atoms with Crippen LogP contribution in [0.4, 0.5) is 18.9 Å². The zero-order valence-electron chi connectivity index (χ0n) is 11.7. The molecule has 0 heterocycles. The number of alkyl halides is 3. The molecule has 1 aromatic rings. The fraction of sp³-hybridized carbons (Fsp3) is 0.308. The Morgan fingerprint density at radius 1 is 1.27 bits per heavy atom. The number of esters is 2. The van der Waals surface area contributed by atoms with Gasteiger partial charge in [0.05, 0.1) is 5.56 Å². The molecule has 0 atom stereocenters. The molecule has 0 spiro atoms. The quantitative estimate of drug-likeness (QED) is 0.518. The van der Waals surface area contributed by atoms with Crippen LogP contribution in [0.3, 0.4) is 0 Å². The SMILES string of the molecule is CC(=O)N(C)Cc1cc(C(=O)OC(=O)C(F)(F)F)ccc1N. The molecule has 0 saturated carbocycles. The van der Waals surface area contributed by atoms with E-state index in [1.165, 1.54) is 31.0 Å². The van der Waals surface area contributed by atoms with Crippen LogP contribution in [0.5, 0.6) is 0 Å². The van der Waals surface area contributed by atoms with Crippen molar-refractivity contribution in [3.63, 3.8) is 0 Å². The molecule has 22 heavy (non-hydrogen) atoms. The maximum absolute atomic E-state index is 12.0. The van der Waals surface area contributed by atoms with Gasteiger partial charge in [-0.15, -0.1) is 0 Å². The summed E-state index contributed by atoms with van der Waals surface area (Å²) in [5.74, 6) is -4.31. The van der Waals surface area contributed by atoms with Crippen LogP contribution in [0.2, 0.25) is 0 Å². The molecule has 1 rings (SSSR count). The molecule has 0 saturated heterocycles. The molecule has 0 unspecified atom stereocenters. The average molecular weight is 318 g/mol. The standard InChI is InChI=1S/C13H13F3N2O4/c1-7(19)18(2)6-9-5-8(3-4-10(9)17)11(20)22-12(21)13(14,15)16/h3-5H,6,17H2,1-2H3. The number of carbonyl (C=O) groups is 3. The van der Waals surface area contributed by atoms with Crippen molar-refractivity contribution in [2.24, 2.45) is 0 Å². The van der Waals surface area contributed by atoms with Gasteiger partial charge >= 0.3 is 18.1 Å². The molecule has 0 aliphatic heterocycles. The van der Waals surface area contributed by atoms with Crippen LogP contribution < -0.4 is 5.73 Å². The first-order valence-corrected chi connectivity index (χ1v) is 5.95. The van der Waals surface area contributed by atoms with E-state index >= 15 is 0 Å². The maximum atomic E-state index is 12.0. The zero-order chi connectivity index (χ0) is 17.1. The lowest BCUT2D eigenvalue weighted by Crippen LogP contribution is -2.28. The van der Waals surface area contributed by atoms with E-state index in [9.17, 15) is 27.6 Å². The molecular formula is C13H13F3N2O4. The highest BCUT2D eigenvalue weighted by Crippen LogP contribution is 2.20. The van der Waals surface area contributed by atoms with Crippen molar-refractivity contribution in [1.82, 2.24) is 4.90 Å². The average Bonchev–Trinajstić information content (AvgIpc) is 2.39. The summed E-state index contributed by atoms with van der Waals surface area (Å²) in [5.41, 5.74) is 5.97. The van der Waals surface area contributed by atoms with Gasteiger partial charge in [0, 0.05) is 26.2 Å². The third-order valence-corrected chi connectivity index (χ3v) is 2.74. The summed E-state index contributed by atoms with van der Waals surface area (Å²) in [6, 6.07) is 3.57. The van der Waals surface area contributed by atoms with Crippen molar-refractivity contribution in [1.29, 1.82) is 0 Å². The van der Waals surface area contributed by atoms with Crippen molar-refractivity contribution in [3.8, 4) is 0 Å². The van der Waals surface area contributed by atoms with Gasteiger partial charge in [-0.2, -0.15) is 13.2 Å². The highest BCUT2D eigenvalue weighted by Gasteiger charge is 2.42. The second-order valence-electron chi connectivity index (χ2n) is 4.46. The number of ether oxygens (including phenoxy) is 1. The summed E-state index contributed by atoms with van der Waals surface area (Å²) >= 11 is 0. The largest absolute Gasteiger partial charge is 0.491 e. The van der Waals surface area contributed by atoms with Gasteiger partial charge in [0.15, 0.2) is 0 Å². The molecule has 1 aromatic carbocycles. The fourth-order valence-corrected chi connectivity index (χ4v) is 1.44. The molecular weight excluding hydrogens is 305 g/mol. The second kappa shape index (κ2) is 6.46. The van der Waals surface area contributed by atoms with E-state index in [-0.39, 0.29) is 23.7 Å². The molecule has 0 fully saturated rings. The van der Waals surface area contributed by atoms with Crippen LogP contribution in [-0.2, 0) is 20.9 Å². The van der Waals surface area contributed by atoms with E-state index in [0.717, 1.165) is 6.07 Å². The lowest BCUT2D eigenvalue weighted by molar-refractivity contribution is -0.193. The summed E-state index contributed by atoms with van der Waals surface area (Å²) in [5, 5.41) is 0. The Kier molecular flexibility index (Phi) is 5.13. The minimum atomic E-state index is -5.26. The molecule has 0 aliphatic rings. The van der Waals surface area contributed by atoms with Gasteiger partial charge in [0.2, 0.25) is 5.91 Å². The number of rotatable bonds is 3. The van der Waals surface area contributed by atoms with E-state index in [4.69, 9.17) is 5.73 Å². The van der Waals surface area contributed by atoms with E-state index in [1.807, 2.05) is 0 Å². The zero-order valence-corrected chi connectivity index (χ0v) is 11.7. The number of hydrogen-bond acceptors (Lipinski definition) is 5. The first kappa shape index (κ1) is 17.5. The van der Waals surface area contributed by atoms with Gasteiger partial charge < -0.3 is 15.4 Å². The monoisotopic (exact) mass is 318 g/mol. The third-order valence-electron chi connectivity index (χ3n) is 2.74. The van der Waals surface area contributed by atoms with Crippen molar-refractivity contribution in [2.75, 3.05) is 12.8 Å². The number of nitrogens with zero attached hydrogens (tertiary/aromatic N) is 1. The Bertz CT molecular complexity index is 614. The second-order valence-corrected chi connectivity index (χ2v) is 4.46. The van der Waals surface area contributed by atoms with Crippen molar-refractivity contribution >= 4 is 23.5 Å². The third kappa shape index (κ3) is 4.47. The Labute approximate surface area is 123 Å². The highest BCUT2D eigenvalue weighted by atomic mass is 19.4. The van der Waals surface area contributed by atoms with Gasteiger partial charge in [0.1, 0.15) is 0 Å². The Morgan fingerprint density at radius 2 is 1.86 bits per heavy atom. The molecule has 120 valence electrons. The van der Waals surface area contributed by atoms with Crippen LogP contribution in [0.15, 0.2) is 18.2 Å². The Hall–Kier alpha value is -2.58. The normalized spacial score (nSPS) is 11.0. The molecule has 9 heteroatoms. The van der Waals surface area contributed by atoms with Gasteiger partial charge in [-0.25, -0.2) is 9.59 Å². The number of nitrogens with two attached hydrogens (primary N) is 1. The molecule has 0 radical (unpaired) electrons. The minimum Gasteiger partial charge on any atom is -0.398 e. The Morgan fingerprint density at radius 3 is 2.36 bits per heavy atom. The number of benzene rings is 1. The summed E-state index contributed by atoms with van der Waals surface area (Å²) in [4.78, 5) is 34.6. The predicted molar refractivity (Wildman–Crippen MR) is 69.5 cm³/mol. The van der Waals surface area contributed by atoms with Gasteiger partial charge in [-0.05, 0) is 23.8 Å². The predicted octanol–water partition coefficient (Wildman–Crippen LogP) is 1.49. The number of anilines is 1. The van der Waals surface area contributed by atoms with E-state index in [1.54, 1.807) is 0 Å². The fourth-order valence-electron chi connectivity index (χ4n) is 1.44. The number of hydrogen-bond donors (Lipinski definition) is 1. The number of carbonyl (C=O) groups excluding carboxylic acids is 3. The maximum Gasteiger partial charge on any atom is 0.491 e. The van der Waals surface area contributed by atoms with E-state index < -0.39 is 18.1 Å². The molecule has 0 bridgehead atoms. The topological polar surface area (TPSA) is 89.7 Å². The van der Waals surface area contributed by atoms with E-state index in [2.05, 4.69) is 4.74 Å². The minimum absolute atomic E-state index is 0.0511.